The van der Waals surface area contributed by atoms with Crippen molar-refractivity contribution >= 4 is 60.5 Å². The molecule has 2 atom stereocenters. The summed E-state index contributed by atoms with van der Waals surface area (Å²) in [6, 6.07) is -1.15. The van der Waals surface area contributed by atoms with Crippen molar-refractivity contribution in [2.75, 3.05) is 24.7 Å². The lowest BCUT2D eigenvalue weighted by molar-refractivity contribution is -0.145. The molecule has 0 aromatic carbocycles. The summed E-state index contributed by atoms with van der Waals surface area (Å²) >= 11 is 14.1. The van der Waals surface area contributed by atoms with Crippen LogP contribution in [0.15, 0.2) is 0 Å². The molecule has 0 bridgehead atoms. The molecule has 0 heterocycles. The van der Waals surface area contributed by atoms with Crippen LogP contribution in [-0.4, -0.2) is 48.7 Å². The average molecular weight is 393 g/mol. The van der Waals surface area contributed by atoms with E-state index in [2.05, 4.69) is 48.6 Å². The minimum atomic E-state index is -0.574. The number of nitrogens with two attached hydrogens (primary N) is 2. The molecule has 0 aromatic heterocycles. The van der Waals surface area contributed by atoms with Crippen molar-refractivity contribution in [3.05, 3.63) is 0 Å². The van der Waals surface area contributed by atoms with Gasteiger partial charge in [-0.1, -0.05) is 13.8 Å². The van der Waals surface area contributed by atoms with E-state index in [1.165, 1.54) is 0 Å². The SMILES string of the molecule is CCCOC(=O)[C@@H](N)CS.CCCOC(=O)[C@@H](N)CS.SS. The zero-order valence-electron chi connectivity index (χ0n) is 13.0. The van der Waals surface area contributed by atoms with Gasteiger partial charge in [-0.15, -0.1) is 23.3 Å². The highest BCUT2D eigenvalue weighted by atomic mass is 33.1. The van der Waals surface area contributed by atoms with Crippen molar-refractivity contribution in [2.45, 2.75) is 38.8 Å². The van der Waals surface area contributed by atoms with Crippen molar-refractivity contribution < 1.29 is 19.1 Å². The van der Waals surface area contributed by atoms with E-state index < -0.39 is 12.1 Å². The van der Waals surface area contributed by atoms with Gasteiger partial charge in [0, 0.05) is 11.5 Å². The Hall–Kier alpha value is 0.260. The topological polar surface area (TPSA) is 105 Å². The molecular formula is C12H28N2O4S4. The fourth-order valence-corrected chi connectivity index (χ4v) is 1.07. The minimum Gasteiger partial charge on any atom is -0.465 e. The lowest BCUT2D eigenvalue weighted by atomic mass is 10.4. The molecule has 10 heteroatoms. The number of carbonyl (C=O) groups is 2. The highest BCUT2D eigenvalue weighted by molar-refractivity contribution is 8.59. The van der Waals surface area contributed by atoms with Gasteiger partial charge in [0.15, 0.2) is 0 Å². The fraction of sp³-hybridized carbons (Fsp3) is 0.833. The molecule has 6 nitrogen and oxygen atoms in total. The van der Waals surface area contributed by atoms with E-state index in [0.717, 1.165) is 12.8 Å². The van der Waals surface area contributed by atoms with Gasteiger partial charge in [0.2, 0.25) is 0 Å². The van der Waals surface area contributed by atoms with Crippen molar-refractivity contribution in [1.29, 1.82) is 0 Å². The lowest BCUT2D eigenvalue weighted by Crippen LogP contribution is -2.33. The molecule has 0 aliphatic rings. The maximum Gasteiger partial charge on any atom is 0.323 e. The predicted octanol–water partition coefficient (Wildman–Crippen LogP) is 1.15. The number of ether oxygens (including phenoxy) is 2. The molecule has 0 fully saturated rings. The summed E-state index contributed by atoms with van der Waals surface area (Å²) in [7, 11) is 0. The van der Waals surface area contributed by atoms with Gasteiger partial charge in [-0.3, -0.25) is 9.59 Å². The van der Waals surface area contributed by atoms with Gasteiger partial charge in [-0.2, -0.15) is 25.3 Å². The third kappa shape index (κ3) is 18.3. The summed E-state index contributed by atoms with van der Waals surface area (Å²) in [6.45, 7) is 4.75. The molecule has 0 rings (SSSR count). The van der Waals surface area contributed by atoms with Crippen LogP contribution in [0, 0.1) is 0 Å². The van der Waals surface area contributed by atoms with E-state index in [1.54, 1.807) is 0 Å². The highest BCUT2D eigenvalue weighted by Crippen LogP contribution is 1.90. The van der Waals surface area contributed by atoms with Gasteiger partial charge < -0.3 is 20.9 Å². The normalized spacial score (nSPS) is 11.8. The second-order valence-electron chi connectivity index (χ2n) is 3.91. The Bertz CT molecular complexity index is 248. The molecular weight excluding hydrogens is 364 g/mol. The van der Waals surface area contributed by atoms with E-state index in [-0.39, 0.29) is 11.9 Å². The minimum absolute atomic E-state index is 0.336. The molecule has 0 spiro atoms. The summed E-state index contributed by atoms with van der Waals surface area (Å²) in [5.74, 6) is -0.0563. The summed E-state index contributed by atoms with van der Waals surface area (Å²) < 4.78 is 9.46. The van der Waals surface area contributed by atoms with Gasteiger partial charge in [-0.25, -0.2) is 0 Å². The first-order chi connectivity index (χ1) is 10.4. The van der Waals surface area contributed by atoms with Crippen molar-refractivity contribution in [3.63, 3.8) is 0 Å². The third-order valence-corrected chi connectivity index (χ3v) is 2.68. The molecule has 0 unspecified atom stereocenters. The van der Waals surface area contributed by atoms with Gasteiger partial charge >= 0.3 is 11.9 Å². The van der Waals surface area contributed by atoms with Crippen molar-refractivity contribution in [1.82, 2.24) is 0 Å². The number of hydrogen-bond donors (Lipinski definition) is 6. The van der Waals surface area contributed by atoms with Crippen LogP contribution < -0.4 is 11.5 Å². The van der Waals surface area contributed by atoms with Gasteiger partial charge in [-0.05, 0) is 12.8 Å². The molecule has 4 N–H and O–H groups in total. The molecule has 0 aromatic rings. The van der Waals surface area contributed by atoms with Crippen molar-refractivity contribution in [3.8, 4) is 0 Å². The van der Waals surface area contributed by atoms with Gasteiger partial charge in [0.05, 0.1) is 13.2 Å². The van der Waals surface area contributed by atoms with Crippen LogP contribution >= 0.6 is 48.6 Å². The van der Waals surface area contributed by atoms with Crippen LogP contribution in [0.25, 0.3) is 0 Å². The first-order valence-corrected chi connectivity index (χ1v) is 9.57. The molecule has 0 aliphatic heterocycles. The van der Waals surface area contributed by atoms with Gasteiger partial charge in [0.25, 0.3) is 0 Å². The molecule has 0 aliphatic carbocycles. The summed E-state index contributed by atoms with van der Waals surface area (Å²) in [6.07, 6.45) is 1.65. The summed E-state index contributed by atoms with van der Waals surface area (Å²) in [5, 5.41) is 0. The Balaban J connectivity index is -0.000000294. The van der Waals surface area contributed by atoms with Crippen LogP contribution in [0.1, 0.15) is 26.7 Å². The maximum absolute atomic E-state index is 10.7. The zero-order valence-corrected chi connectivity index (χ0v) is 16.6. The smallest absolute Gasteiger partial charge is 0.323 e. The number of rotatable bonds is 8. The monoisotopic (exact) mass is 392 g/mol. The molecule has 134 valence electrons. The predicted molar refractivity (Wildman–Crippen MR) is 104 cm³/mol. The van der Waals surface area contributed by atoms with Crippen LogP contribution in [0.2, 0.25) is 0 Å². The Labute approximate surface area is 154 Å². The van der Waals surface area contributed by atoms with Gasteiger partial charge in [0.1, 0.15) is 12.1 Å². The number of esters is 2. The first-order valence-electron chi connectivity index (χ1n) is 6.70. The Kier molecular flexibility index (Phi) is 26.2. The standard InChI is InChI=1S/2C6H13NO2S.H2S2/c2*1-2-3-9-6(8)5(7)4-10;1-2/h2*5,10H,2-4,7H2,1H3;1-2H/t2*5-;/m00./s1. The number of hydrogen-bond acceptors (Lipinski definition) is 10. The first kappa shape index (κ1) is 27.1. The number of carbonyl (C=O) groups excluding carboxylic acids is 2. The quantitative estimate of drug-likeness (QED) is 0.210. The molecule has 0 saturated heterocycles. The summed E-state index contributed by atoms with van der Waals surface area (Å²) in [4.78, 5) is 21.5. The maximum atomic E-state index is 10.7. The molecule has 0 saturated carbocycles. The van der Waals surface area contributed by atoms with Crippen LogP contribution in [0.3, 0.4) is 0 Å². The Morgan fingerprint density at radius 3 is 1.32 bits per heavy atom. The summed E-state index contributed by atoms with van der Waals surface area (Å²) in [5.41, 5.74) is 10.6. The van der Waals surface area contributed by atoms with E-state index in [0.29, 0.717) is 24.7 Å². The molecule has 22 heavy (non-hydrogen) atoms. The van der Waals surface area contributed by atoms with E-state index in [1.807, 2.05) is 13.8 Å². The Morgan fingerprint density at radius 1 is 0.864 bits per heavy atom. The Morgan fingerprint density at radius 2 is 1.14 bits per heavy atom. The fourth-order valence-electron chi connectivity index (χ4n) is 0.768. The second-order valence-corrected chi connectivity index (χ2v) is 4.64. The zero-order chi connectivity index (χ0) is 18.0. The van der Waals surface area contributed by atoms with Crippen LogP contribution in [-0.2, 0) is 19.1 Å². The lowest BCUT2D eigenvalue weighted by Gasteiger charge is -2.06. The molecule has 0 amide bonds. The average Bonchev–Trinajstić information content (AvgIpc) is 2.58. The van der Waals surface area contributed by atoms with Crippen LogP contribution in [0.5, 0.6) is 0 Å². The number of thiol groups is 4. The third-order valence-electron chi connectivity index (χ3n) is 1.90. The van der Waals surface area contributed by atoms with Crippen LogP contribution in [0.4, 0.5) is 0 Å². The van der Waals surface area contributed by atoms with E-state index in [9.17, 15) is 9.59 Å². The highest BCUT2D eigenvalue weighted by Gasteiger charge is 2.11. The van der Waals surface area contributed by atoms with Crippen molar-refractivity contribution in [2.24, 2.45) is 11.5 Å². The van der Waals surface area contributed by atoms with E-state index in [4.69, 9.17) is 20.9 Å². The largest absolute Gasteiger partial charge is 0.465 e. The van der Waals surface area contributed by atoms with E-state index >= 15 is 0 Å². The second kappa shape index (κ2) is 21.3. The molecule has 0 radical (unpaired) electrons.